The average molecular weight is 187 g/mol. The zero-order valence-electron chi connectivity index (χ0n) is 6.28. The summed E-state index contributed by atoms with van der Waals surface area (Å²) in [4.78, 5) is 11.2. The fourth-order valence-electron chi connectivity index (χ4n) is 1.09. The molecule has 1 aliphatic heterocycles. The molecule has 0 saturated heterocycles. The van der Waals surface area contributed by atoms with Gasteiger partial charge in [-0.1, -0.05) is 0 Å². The van der Waals surface area contributed by atoms with Gasteiger partial charge in [-0.25, -0.2) is 0 Å². The van der Waals surface area contributed by atoms with Gasteiger partial charge in [0.05, 0.1) is 0 Å². The van der Waals surface area contributed by atoms with Crippen LogP contribution in [-0.4, -0.2) is 18.0 Å². The first-order valence-corrected chi connectivity index (χ1v) is 4.12. The first-order valence-electron chi connectivity index (χ1n) is 3.75. The standard InChI is InChI=1S/C6H9N3O2S/c10-5-4(3-1-2-3)8-9-6(7-5)11-12/h3,6,9,12H,1-2H2,(H,7,10). The molecule has 2 aliphatic rings. The molecule has 2 rings (SSSR count). The Balaban J connectivity index is 2.05. The lowest BCUT2D eigenvalue weighted by atomic mass is 10.2. The van der Waals surface area contributed by atoms with Gasteiger partial charge in [-0.05, 0) is 25.8 Å². The third kappa shape index (κ3) is 1.39. The molecule has 12 heavy (non-hydrogen) atoms. The third-order valence-electron chi connectivity index (χ3n) is 1.87. The first-order chi connectivity index (χ1) is 5.81. The van der Waals surface area contributed by atoms with Gasteiger partial charge in [0.1, 0.15) is 5.71 Å². The molecule has 1 aliphatic carbocycles. The highest BCUT2D eigenvalue weighted by Crippen LogP contribution is 2.31. The number of thiol groups is 1. The van der Waals surface area contributed by atoms with Crippen LogP contribution in [-0.2, 0) is 8.98 Å². The van der Waals surface area contributed by atoms with E-state index in [4.69, 9.17) is 0 Å². The SMILES string of the molecule is O=C1NC(OS)NN=C1C1CC1. The number of hydrogen-bond acceptors (Lipinski definition) is 5. The van der Waals surface area contributed by atoms with Crippen molar-refractivity contribution in [3.05, 3.63) is 0 Å². The van der Waals surface area contributed by atoms with Crippen molar-refractivity contribution in [2.24, 2.45) is 11.0 Å². The van der Waals surface area contributed by atoms with Crippen LogP contribution in [0.3, 0.4) is 0 Å². The molecule has 5 nitrogen and oxygen atoms in total. The van der Waals surface area contributed by atoms with Crippen molar-refractivity contribution in [2.75, 3.05) is 0 Å². The maximum absolute atomic E-state index is 11.2. The van der Waals surface area contributed by atoms with E-state index in [-0.39, 0.29) is 5.91 Å². The van der Waals surface area contributed by atoms with E-state index >= 15 is 0 Å². The number of hydrogen-bond donors (Lipinski definition) is 3. The second-order valence-electron chi connectivity index (χ2n) is 2.86. The maximum atomic E-state index is 11.2. The number of nitrogens with zero attached hydrogens (tertiary/aromatic N) is 1. The van der Waals surface area contributed by atoms with Gasteiger partial charge in [-0.2, -0.15) is 5.10 Å². The normalized spacial score (nSPS) is 28.9. The Hall–Kier alpha value is -0.750. The number of rotatable bonds is 2. The summed E-state index contributed by atoms with van der Waals surface area (Å²) in [7, 11) is 0. The van der Waals surface area contributed by atoms with Gasteiger partial charge < -0.3 is 5.32 Å². The fourth-order valence-corrected chi connectivity index (χ4v) is 1.19. The topological polar surface area (TPSA) is 62.7 Å². The lowest BCUT2D eigenvalue weighted by Crippen LogP contribution is -2.51. The van der Waals surface area contributed by atoms with Crippen LogP contribution in [0.4, 0.5) is 0 Å². The third-order valence-corrected chi connectivity index (χ3v) is 2.08. The van der Waals surface area contributed by atoms with Crippen molar-refractivity contribution in [3.8, 4) is 0 Å². The molecular weight excluding hydrogens is 178 g/mol. The molecule has 6 heteroatoms. The van der Waals surface area contributed by atoms with Crippen molar-refractivity contribution in [1.82, 2.24) is 10.7 Å². The fraction of sp³-hybridized carbons (Fsp3) is 0.667. The van der Waals surface area contributed by atoms with Crippen LogP contribution in [0.25, 0.3) is 0 Å². The lowest BCUT2D eigenvalue weighted by Gasteiger charge is -2.21. The second-order valence-corrected chi connectivity index (χ2v) is 3.07. The van der Waals surface area contributed by atoms with E-state index in [9.17, 15) is 4.79 Å². The van der Waals surface area contributed by atoms with Crippen LogP contribution in [0.15, 0.2) is 5.10 Å². The summed E-state index contributed by atoms with van der Waals surface area (Å²) in [5, 5.41) is 6.46. The molecule has 1 fully saturated rings. The molecule has 2 N–H and O–H groups in total. The lowest BCUT2D eigenvalue weighted by molar-refractivity contribution is -0.118. The Bertz CT molecular complexity index is 239. The molecule has 0 aromatic carbocycles. The van der Waals surface area contributed by atoms with Crippen molar-refractivity contribution in [2.45, 2.75) is 19.2 Å². The minimum absolute atomic E-state index is 0.157. The Morgan fingerprint density at radius 2 is 2.33 bits per heavy atom. The number of carbonyl (C=O) groups excluding carboxylic acids is 1. The summed E-state index contributed by atoms with van der Waals surface area (Å²) in [6.07, 6.45) is 1.50. The Labute approximate surface area is 75.2 Å². The summed E-state index contributed by atoms with van der Waals surface area (Å²) < 4.78 is 4.55. The van der Waals surface area contributed by atoms with E-state index in [1.165, 1.54) is 0 Å². The summed E-state index contributed by atoms with van der Waals surface area (Å²) >= 11 is 3.55. The van der Waals surface area contributed by atoms with E-state index in [2.05, 4.69) is 32.9 Å². The monoisotopic (exact) mass is 187 g/mol. The van der Waals surface area contributed by atoms with Crippen molar-refractivity contribution < 1.29 is 8.98 Å². The van der Waals surface area contributed by atoms with Crippen molar-refractivity contribution in [3.63, 3.8) is 0 Å². The van der Waals surface area contributed by atoms with E-state index < -0.39 is 6.35 Å². The van der Waals surface area contributed by atoms with Gasteiger partial charge in [0.25, 0.3) is 5.91 Å². The number of amides is 1. The Morgan fingerprint density at radius 3 is 2.83 bits per heavy atom. The number of nitrogens with one attached hydrogen (secondary N) is 2. The van der Waals surface area contributed by atoms with Crippen molar-refractivity contribution in [1.29, 1.82) is 0 Å². The van der Waals surface area contributed by atoms with Crippen LogP contribution < -0.4 is 10.7 Å². The highest BCUT2D eigenvalue weighted by atomic mass is 32.1. The summed E-state index contributed by atoms with van der Waals surface area (Å²) in [6.45, 7) is 0. The quantitative estimate of drug-likeness (QED) is 0.408. The van der Waals surface area contributed by atoms with Gasteiger partial charge in [0, 0.05) is 5.92 Å². The summed E-state index contributed by atoms with van der Waals surface area (Å²) in [6, 6.07) is 0. The van der Waals surface area contributed by atoms with Crippen LogP contribution in [0.2, 0.25) is 0 Å². The molecule has 1 unspecified atom stereocenters. The molecule has 0 bridgehead atoms. The average Bonchev–Trinajstić information content (AvgIpc) is 2.87. The summed E-state index contributed by atoms with van der Waals surface area (Å²) in [5.74, 6) is 0.189. The maximum Gasteiger partial charge on any atom is 0.271 e. The molecule has 66 valence electrons. The predicted octanol–water partition coefficient (Wildman–Crippen LogP) is -0.383. The van der Waals surface area contributed by atoms with Crippen molar-refractivity contribution >= 4 is 24.5 Å². The van der Waals surface area contributed by atoms with Crippen LogP contribution in [0, 0.1) is 5.92 Å². The van der Waals surface area contributed by atoms with Gasteiger partial charge in [-0.15, -0.1) is 0 Å². The van der Waals surface area contributed by atoms with Crippen LogP contribution in [0.5, 0.6) is 0 Å². The minimum Gasteiger partial charge on any atom is -0.306 e. The molecule has 0 aromatic rings. The highest BCUT2D eigenvalue weighted by Gasteiger charge is 2.35. The Morgan fingerprint density at radius 1 is 1.58 bits per heavy atom. The molecular formula is C6H9N3O2S. The van der Waals surface area contributed by atoms with E-state index in [0.29, 0.717) is 11.6 Å². The second kappa shape index (κ2) is 2.95. The molecule has 0 spiro atoms. The van der Waals surface area contributed by atoms with Gasteiger partial charge in [0.2, 0.25) is 6.35 Å². The first kappa shape index (κ1) is 7.88. The largest absolute Gasteiger partial charge is 0.306 e. The van der Waals surface area contributed by atoms with Gasteiger partial charge in [0.15, 0.2) is 0 Å². The van der Waals surface area contributed by atoms with Gasteiger partial charge >= 0.3 is 0 Å². The summed E-state index contributed by atoms with van der Waals surface area (Å²) in [5.41, 5.74) is 3.21. The van der Waals surface area contributed by atoms with E-state index in [0.717, 1.165) is 12.8 Å². The minimum atomic E-state index is -0.608. The van der Waals surface area contributed by atoms with E-state index in [1.54, 1.807) is 0 Å². The molecule has 1 amide bonds. The number of carbonyl (C=O) groups is 1. The molecule has 0 aromatic heterocycles. The smallest absolute Gasteiger partial charge is 0.271 e. The van der Waals surface area contributed by atoms with Crippen LogP contribution >= 0.6 is 12.9 Å². The predicted molar refractivity (Wildman–Crippen MR) is 45.3 cm³/mol. The van der Waals surface area contributed by atoms with E-state index in [1.807, 2.05) is 0 Å². The zero-order valence-corrected chi connectivity index (χ0v) is 7.17. The highest BCUT2D eigenvalue weighted by molar-refractivity contribution is 7.75. The molecule has 0 radical (unpaired) electrons. The molecule has 1 saturated carbocycles. The number of hydrazone groups is 1. The Kier molecular flexibility index (Phi) is 1.93. The van der Waals surface area contributed by atoms with Crippen LogP contribution in [0.1, 0.15) is 12.8 Å². The molecule has 1 heterocycles. The zero-order chi connectivity index (χ0) is 8.55. The molecule has 1 atom stereocenters. The van der Waals surface area contributed by atoms with Gasteiger partial charge in [-0.3, -0.25) is 14.4 Å².